The highest BCUT2D eigenvalue weighted by atomic mass is 16.1. The molecule has 4 heteroatoms. The van der Waals surface area contributed by atoms with Crippen LogP contribution in [0.5, 0.6) is 0 Å². The van der Waals surface area contributed by atoms with Gasteiger partial charge in [-0.2, -0.15) is 0 Å². The highest BCUT2D eigenvalue weighted by Gasteiger charge is 2.24. The van der Waals surface area contributed by atoms with Crippen LogP contribution >= 0.6 is 0 Å². The molecule has 1 aliphatic rings. The molecule has 0 saturated heterocycles. The molecular formula is C10H15N3O. The van der Waals surface area contributed by atoms with Crippen molar-refractivity contribution in [3.05, 3.63) is 29.6 Å². The molecular weight excluding hydrogens is 178 g/mol. The Morgan fingerprint density at radius 3 is 2.57 bits per heavy atom. The van der Waals surface area contributed by atoms with Crippen molar-refractivity contribution in [1.29, 1.82) is 0 Å². The summed E-state index contributed by atoms with van der Waals surface area (Å²) in [4.78, 5) is 13.3. The van der Waals surface area contributed by atoms with Crippen LogP contribution in [0.3, 0.4) is 0 Å². The molecule has 3 N–H and O–H groups in total. The number of rotatable bonds is 2. The van der Waals surface area contributed by atoms with Crippen molar-refractivity contribution in [1.82, 2.24) is 10.4 Å². The average Bonchev–Trinajstić information content (AvgIpc) is 3.03. The Hall–Kier alpha value is -1.42. The van der Waals surface area contributed by atoms with E-state index in [1.807, 2.05) is 6.20 Å². The Kier molecular flexibility index (Phi) is 4.07. The van der Waals surface area contributed by atoms with E-state index in [4.69, 9.17) is 4.79 Å². The minimum atomic E-state index is 0.403. The molecule has 76 valence electrons. The second kappa shape index (κ2) is 5.34. The minimum Gasteiger partial charge on any atom is -0.297 e. The average molecular weight is 193 g/mol. The van der Waals surface area contributed by atoms with E-state index in [9.17, 15) is 0 Å². The molecule has 1 amide bonds. The Morgan fingerprint density at radius 1 is 1.57 bits per heavy atom. The molecule has 0 radical (unpaired) electrons. The summed E-state index contributed by atoms with van der Waals surface area (Å²) in [6.45, 7) is 2.07. The van der Waals surface area contributed by atoms with Crippen LogP contribution in [0.1, 0.15) is 30.0 Å². The van der Waals surface area contributed by atoms with Crippen LogP contribution < -0.4 is 11.3 Å². The monoisotopic (exact) mass is 193 g/mol. The zero-order valence-corrected chi connectivity index (χ0v) is 8.23. The third-order valence-electron chi connectivity index (χ3n) is 2.00. The molecule has 4 nitrogen and oxygen atoms in total. The van der Waals surface area contributed by atoms with Crippen LogP contribution in [0.2, 0.25) is 0 Å². The quantitative estimate of drug-likeness (QED) is 0.317. The largest absolute Gasteiger partial charge is 0.297 e. The summed E-state index contributed by atoms with van der Waals surface area (Å²) in [5.41, 5.74) is 4.29. The summed E-state index contributed by atoms with van der Waals surface area (Å²) in [6, 6.07) is 4.29. The number of pyridine rings is 1. The topological polar surface area (TPSA) is 68.0 Å². The molecule has 1 aromatic rings. The first-order valence-electron chi connectivity index (χ1n) is 4.60. The van der Waals surface area contributed by atoms with Gasteiger partial charge < -0.3 is 0 Å². The minimum absolute atomic E-state index is 0.403. The number of aryl methyl sites for hydroxylation is 1. The van der Waals surface area contributed by atoms with E-state index in [0.29, 0.717) is 6.41 Å². The lowest BCUT2D eigenvalue weighted by Crippen LogP contribution is -2.18. The molecule has 1 saturated carbocycles. The summed E-state index contributed by atoms with van der Waals surface area (Å²) >= 11 is 0. The molecule has 0 aliphatic heterocycles. The second-order valence-corrected chi connectivity index (χ2v) is 3.32. The number of nitrogens with zero attached hydrogens (tertiary/aromatic N) is 1. The Bertz CT molecular complexity index is 280. The molecule has 0 atom stereocenters. The van der Waals surface area contributed by atoms with Crippen molar-refractivity contribution < 1.29 is 4.79 Å². The highest BCUT2D eigenvalue weighted by molar-refractivity contribution is 5.44. The SMILES string of the molecule is Cc1ccc(C2CC2)nc1.NNC=O. The molecule has 0 aromatic carbocycles. The summed E-state index contributed by atoms with van der Waals surface area (Å²) < 4.78 is 0. The van der Waals surface area contributed by atoms with Crippen molar-refractivity contribution >= 4 is 6.41 Å². The van der Waals surface area contributed by atoms with Crippen LogP contribution in [0.4, 0.5) is 0 Å². The number of nitrogens with two attached hydrogens (primary N) is 1. The Morgan fingerprint density at radius 2 is 2.21 bits per heavy atom. The standard InChI is InChI=1S/C9H11N.CH4N2O/c1-7-2-5-9(10-6-7)8-3-4-8;2-3-1-4/h2,5-6,8H,3-4H2,1H3;1H,2H2,(H,3,4). The fourth-order valence-corrected chi connectivity index (χ4v) is 1.10. The molecule has 1 aliphatic carbocycles. The second-order valence-electron chi connectivity index (χ2n) is 3.32. The third kappa shape index (κ3) is 3.53. The summed E-state index contributed by atoms with van der Waals surface area (Å²) in [5.74, 6) is 5.20. The number of nitrogens with one attached hydrogen (secondary N) is 1. The predicted molar refractivity (Wildman–Crippen MR) is 54.3 cm³/mol. The van der Waals surface area contributed by atoms with Gasteiger partial charge in [-0.1, -0.05) is 6.07 Å². The van der Waals surface area contributed by atoms with Crippen LogP contribution in [0.25, 0.3) is 0 Å². The van der Waals surface area contributed by atoms with Crippen LogP contribution in [0.15, 0.2) is 18.3 Å². The number of hydrogen-bond acceptors (Lipinski definition) is 3. The lowest BCUT2D eigenvalue weighted by Gasteiger charge is -1.95. The van der Waals surface area contributed by atoms with E-state index < -0.39 is 0 Å². The van der Waals surface area contributed by atoms with Crippen molar-refractivity contribution in [2.45, 2.75) is 25.7 Å². The van der Waals surface area contributed by atoms with E-state index >= 15 is 0 Å². The summed E-state index contributed by atoms with van der Waals surface area (Å²) in [6.07, 6.45) is 5.04. The van der Waals surface area contributed by atoms with Gasteiger partial charge in [-0.25, -0.2) is 5.84 Å². The van der Waals surface area contributed by atoms with Crippen molar-refractivity contribution in [2.24, 2.45) is 5.84 Å². The van der Waals surface area contributed by atoms with Gasteiger partial charge in [0, 0.05) is 17.8 Å². The smallest absolute Gasteiger partial charge is 0.221 e. The van der Waals surface area contributed by atoms with Gasteiger partial charge in [0.25, 0.3) is 0 Å². The van der Waals surface area contributed by atoms with E-state index in [1.54, 1.807) is 5.43 Å². The Balaban J connectivity index is 0.000000213. The number of carbonyl (C=O) groups is 1. The van der Waals surface area contributed by atoms with Gasteiger partial charge in [0.1, 0.15) is 0 Å². The molecule has 0 spiro atoms. The van der Waals surface area contributed by atoms with Gasteiger partial charge in [0.05, 0.1) is 0 Å². The zero-order chi connectivity index (χ0) is 10.4. The van der Waals surface area contributed by atoms with Crippen molar-refractivity contribution in [3.8, 4) is 0 Å². The number of aromatic nitrogens is 1. The van der Waals surface area contributed by atoms with Crippen LogP contribution in [0, 0.1) is 6.92 Å². The first kappa shape index (κ1) is 10.7. The molecule has 1 aromatic heterocycles. The maximum atomic E-state index is 8.94. The maximum absolute atomic E-state index is 8.94. The van der Waals surface area contributed by atoms with Crippen molar-refractivity contribution in [3.63, 3.8) is 0 Å². The molecule has 14 heavy (non-hydrogen) atoms. The fraction of sp³-hybridized carbons (Fsp3) is 0.400. The number of hydrazine groups is 1. The highest BCUT2D eigenvalue weighted by Crippen LogP contribution is 2.38. The van der Waals surface area contributed by atoms with Gasteiger partial charge in [0.2, 0.25) is 6.41 Å². The first-order chi connectivity index (χ1) is 6.77. The van der Waals surface area contributed by atoms with E-state index in [0.717, 1.165) is 5.92 Å². The van der Waals surface area contributed by atoms with Crippen LogP contribution in [-0.4, -0.2) is 11.4 Å². The number of carbonyl (C=O) groups excluding carboxylic acids is 1. The molecule has 0 unspecified atom stereocenters. The van der Waals surface area contributed by atoms with Crippen molar-refractivity contribution in [2.75, 3.05) is 0 Å². The number of hydrogen-bond donors (Lipinski definition) is 2. The fourth-order valence-electron chi connectivity index (χ4n) is 1.10. The zero-order valence-electron chi connectivity index (χ0n) is 8.23. The number of amides is 1. The van der Waals surface area contributed by atoms with Crippen LogP contribution in [-0.2, 0) is 4.79 Å². The molecule has 2 rings (SSSR count). The lowest BCUT2D eigenvalue weighted by atomic mass is 10.2. The van der Waals surface area contributed by atoms with E-state index in [-0.39, 0.29) is 0 Å². The molecule has 0 bridgehead atoms. The molecule has 1 heterocycles. The normalized spacial score (nSPS) is 13.9. The maximum Gasteiger partial charge on any atom is 0.221 e. The van der Waals surface area contributed by atoms with Gasteiger partial charge in [-0.3, -0.25) is 15.2 Å². The van der Waals surface area contributed by atoms with Gasteiger partial charge in [-0.05, 0) is 31.4 Å². The van der Waals surface area contributed by atoms with E-state index in [1.165, 1.54) is 24.1 Å². The predicted octanol–water partition coefficient (Wildman–Crippen LogP) is 0.874. The first-order valence-corrected chi connectivity index (χ1v) is 4.60. The van der Waals surface area contributed by atoms with Gasteiger partial charge in [-0.15, -0.1) is 0 Å². The third-order valence-corrected chi connectivity index (χ3v) is 2.00. The summed E-state index contributed by atoms with van der Waals surface area (Å²) in [7, 11) is 0. The van der Waals surface area contributed by atoms with Gasteiger partial charge in [0.15, 0.2) is 0 Å². The molecule has 1 fully saturated rings. The van der Waals surface area contributed by atoms with E-state index in [2.05, 4.69) is 29.9 Å². The lowest BCUT2D eigenvalue weighted by molar-refractivity contribution is -0.109. The van der Waals surface area contributed by atoms with Gasteiger partial charge >= 0.3 is 0 Å². The summed E-state index contributed by atoms with van der Waals surface area (Å²) in [5, 5.41) is 0. The Labute approximate surface area is 83.5 Å².